The minimum absolute atomic E-state index is 0.0539. The van der Waals surface area contributed by atoms with Crippen LogP contribution in [0, 0.1) is 5.92 Å². The molecule has 0 saturated heterocycles. The zero-order valence-electron chi connectivity index (χ0n) is 8.42. The molecule has 0 aromatic carbocycles. The zero-order chi connectivity index (χ0) is 9.56. The maximum absolute atomic E-state index is 10.8. The van der Waals surface area contributed by atoms with Crippen LogP contribution in [0.2, 0.25) is 0 Å². The quantitative estimate of drug-likeness (QED) is 0.642. The van der Waals surface area contributed by atoms with Crippen LogP contribution in [-0.4, -0.2) is 11.9 Å². The van der Waals surface area contributed by atoms with Crippen molar-refractivity contribution in [3.63, 3.8) is 0 Å². The minimum Gasteiger partial charge on any atom is -0.353 e. The summed E-state index contributed by atoms with van der Waals surface area (Å²) in [6, 6.07) is 0.277. The van der Waals surface area contributed by atoms with Crippen molar-refractivity contribution in [1.82, 2.24) is 5.32 Å². The number of carbonyl (C=O) groups is 1. The molecule has 0 rings (SSSR count). The lowest BCUT2D eigenvalue weighted by molar-refractivity contribution is -0.119. The molecule has 1 amide bonds. The summed E-state index contributed by atoms with van der Waals surface area (Å²) in [6.45, 7) is 7.76. The molecule has 0 aliphatic rings. The third-order valence-electron chi connectivity index (χ3n) is 1.96. The molecule has 12 heavy (non-hydrogen) atoms. The molecule has 2 atom stereocenters. The SMILES string of the molecule is C/C=C/[C@@H](C)[C@H](CC)NC(C)=O. The van der Waals surface area contributed by atoms with Gasteiger partial charge in [0.15, 0.2) is 0 Å². The highest BCUT2D eigenvalue weighted by Crippen LogP contribution is 2.08. The summed E-state index contributed by atoms with van der Waals surface area (Å²) in [7, 11) is 0. The van der Waals surface area contributed by atoms with Gasteiger partial charge in [-0.2, -0.15) is 0 Å². The second-order valence-corrected chi connectivity index (χ2v) is 3.10. The van der Waals surface area contributed by atoms with Crippen LogP contribution in [0.3, 0.4) is 0 Å². The molecule has 0 aliphatic heterocycles. The van der Waals surface area contributed by atoms with E-state index in [0.717, 1.165) is 6.42 Å². The van der Waals surface area contributed by atoms with E-state index in [-0.39, 0.29) is 11.9 Å². The first-order valence-corrected chi connectivity index (χ1v) is 4.51. The van der Waals surface area contributed by atoms with Crippen molar-refractivity contribution in [1.29, 1.82) is 0 Å². The van der Waals surface area contributed by atoms with Crippen LogP contribution in [0.4, 0.5) is 0 Å². The van der Waals surface area contributed by atoms with Crippen LogP contribution in [0.25, 0.3) is 0 Å². The zero-order valence-corrected chi connectivity index (χ0v) is 8.42. The Labute approximate surface area is 75.0 Å². The Morgan fingerprint density at radius 1 is 1.58 bits per heavy atom. The summed E-state index contributed by atoms with van der Waals surface area (Å²) in [6.07, 6.45) is 5.12. The van der Waals surface area contributed by atoms with Crippen LogP contribution in [0.1, 0.15) is 34.1 Å². The topological polar surface area (TPSA) is 29.1 Å². The van der Waals surface area contributed by atoms with Crippen molar-refractivity contribution in [3.8, 4) is 0 Å². The Kier molecular flexibility index (Phi) is 5.43. The van der Waals surface area contributed by atoms with Gasteiger partial charge in [0.1, 0.15) is 0 Å². The second kappa shape index (κ2) is 5.81. The Hall–Kier alpha value is -0.790. The van der Waals surface area contributed by atoms with Gasteiger partial charge in [0.05, 0.1) is 0 Å². The second-order valence-electron chi connectivity index (χ2n) is 3.10. The van der Waals surface area contributed by atoms with Gasteiger partial charge in [-0.1, -0.05) is 26.0 Å². The van der Waals surface area contributed by atoms with Crippen molar-refractivity contribution in [3.05, 3.63) is 12.2 Å². The largest absolute Gasteiger partial charge is 0.353 e. The minimum atomic E-state index is 0.0539. The number of hydrogen-bond donors (Lipinski definition) is 1. The van der Waals surface area contributed by atoms with Gasteiger partial charge in [-0.3, -0.25) is 4.79 Å². The maximum Gasteiger partial charge on any atom is 0.217 e. The lowest BCUT2D eigenvalue weighted by Crippen LogP contribution is -2.36. The molecule has 0 unspecified atom stereocenters. The Balaban J connectivity index is 4.04. The molecule has 0 heterocycles. The van der Waals surface area contributed by atoms with E-state index < -0.39 is 0 Å². The van der Waals surface area contributed by atoms with E-state index in [4.69, 9.17) is 0 Å². The maximum atomic E-state index is 10.8. The normalized spacial score (nSPS) is 16.0. The Bertz CT molecular complexity index is 163. The lowest BCUT2D eigenvalue weighted by Gasteiger charge is -2.20. The lowest BCUT2D eigenvalue weighted by atomic mass is 9.99. The number of carbonyl (C=O) groups excluding carboxylic acids is 1. The van der Waals surface area contributed by atoms with Gasteiger partial charge in [0.25, 0.3) is 0 Å². The molecule has 2 heteroatoms. The summed E-state index contributed by atoms with van der Waals surface area (Å²) < 4.78 is 0. The van der Waals surface area contributed by atoms with E-state index in [2.05, 4.69) is 25.2 Å². The fraction of sp³-hybridized carbons (Fsp3) is 0.700. The molecular weight excluding hydrogens is 150 g/mol. The van der Waals surface area contributed by atoms with Gasteiger partial charge in [-0.15, -0.1) is 0 Å². The summed E-state index contributed by atoms with van der Waals surface area (Å²) >= 11 is 0. The van der Waals surface area contributed by atoms with Crippen molar-refractivity contribution in [2.45, 2.75) is 40.2 Å². The smallest absolute Gasteiger partial charge is 0.217 e. The van der Waals surface area contributed by atoms with E-state index in [1.165, 1.54) is 0 Å². The average Bonchev–Trinajstić information content (AvgIpc) is 2.00. The first-order valence-electron chi connectivity index (χ1n) is 4.51. The number of nitrogens with one attached hydrogen (secondary N) is 1. The third-order valence-corrected chi connectivity index (χ3v) is 1.96. The van der Waals surface area contributed by atoms with Crippen molar-refractivity contribution >= 4 is 5.91 Å². The van der Waals surface area contributed by atoms with Crippen LogP contribution < -0.4 is 5.32 Å². The van der Waals surface area contributed by atoms with Gasteiger partial charge >= 0.3 is 0 Å². The molecule has 0 radical (unpaired) electrons. The molecule has 0 aromatic heterocycles. The number of amides is 1. The third kappa shape index (κ3) is 4.16. The highest BCUT2D eigenvalue weighted by atomic mass is 16.1. The standard InChI is InChI=1S/C10H19NO/c1-5-7-8(3)10(6-2)11-9(4)12/h5,7-8,10H,6H2,1-4H3,(H,11,12)/b7-5+/t8-,10+/m1/s1. The molecule has 70 valence electrons. The predicted molar refractivity (Wildman–Crippen MR) is 51.9 cm³/mol. The van der Waals surface area contributed by atoms with Crippen molar-refractivity contribution < 1.29 is 4.79 Å². The monoisotopic (exact) mass is 169 g/mol. The van der Waals surface area contributed by atoms with Gasteiger partial charge in [0.2, 0.25) is 5.91 Å². The Morgan fingerprint density at radius 2 is 2.17 bits per heavy atom. The number of allylic oxidation sites excluding steroid dienone is 1. The molecular formula is C10H19NO. The summed E-state index contributed by atoms with van der Waals surface area (Å²) in [5.41, 5.74) is 0. The summed E-state index contributed by atoms with van der Waals surface area (Å²) in [4.78, 5) is 10.8. The number of rotatable bonds is 4. The van der Waals surface area contributed by atoms with Crippen LogP contribution in [0.5, 0.6) is 0 Å². The van der Waals surface area contributed by atoms with Crippen LogP contribution >= 0.6 is 0 Å². The van der Waals surface area contributed by atoms with Gasteiger partial charge < -0.3 is 5.32 Å². The number of hydrogen-bond acceptors (Lipinski definition) is 1. The van der Waals surface area contributed by atoms with E-state index in [1.54, 1.807) is 6.92 Å². The highest BCUT2D eigenvalue weighted by molar-refractivity contribution is 5.73. The van der Waals surface area contributed by atoms with Gasteiger partial charge in [0, 0.05) is 13.0 Å². The summed E-state index contributed by atoms with van der Waals surface area (Å²) in [5.74, 6) is 0.474. The molecule has 0 bridgehead atoms. The highest BCUT2D eigenvalue weighted by Gasteiger charge is 2.12. The summed E-state index contributed by atoms with van der Waals surface area (Å²) in [5, 5.41) is 2.92. The van der Waals surface area contributed by atoms with Crippen LogP contribution in [0.15, 0.2) is 12.2 Å². The average molecular weight is 169 g/mol. The molecule has 0 aromatic rings. The van der Waals surface area contributed by atoms with Crippen molar-refractivity contribution in [2.24, 2.45) is 5.92 Å². The fourth-order valence-corrected chi connectivity index (χ4v) is 1.30. The first kappa shape index (κ1) is 11.2. The van der Waals surface area contributed by atoms with E-state index in [9.17, 15) is 4.79 Å². The van der Waals surface area contributed by atoms with Gasteiger partial charge in [-0.05, 0) is 19.3 Å². The van der Waals surface area contributed by atoms with Gasteiger partial charge in [-0.25, -0.2) is 0 Å². The first-order chi connectivity index (χ1) is 5.61. The predicted octanol–water partition coefficient (Wildman–Crippen LogP) is 2.11. The van der Waals surface area contributed by atoms with Crippen LogP contribution in [-0.2, 0) is 4.79 Å². The molecule has 0 spiro atoms. The molecule has 1 N–H and O–H groups in total. The molecule has 0 aliphatic carbocycles. The van der Waals surface area contributed by atoms with E-state index >= 15 is 0 Å². The Morgan fingerprint density at radius 3 is 2.50 bits per heavy atom. The fourth-order valence-electron chi connectivity index (χ4n) is 1.30. The molecule has 2 nitrogen and oxygen atoms in total. The van der Waals surface area contributed by atoms with E-state index in [0.29, 0.717) is 5.92 Å². The van der Waals surface area contributed by atoms with Crippen molar-refractivity contribution in [2.75, 3.05) is 0 Å². The van der Waals surface area contributed by atoms with E-state index in [1.807, 2.05) is 13.0 Å². The molecule has 0 fully saturated rings. The molecule has 0 saturated carbocycles.